The zero-order valence-electron chi connectivity index (χ0n) is 51.2. The topological polar surface area (TPSA) is 314 Å². The molecular weight excluding hydrogens is 1050 g/mol. The monoisotopic (exact) mass is 1160 g/mol. The fourth-order valence-corrected chi connectivity index (χ4v) is 8.77. The maximum Gasteiger partial charge on any atom is 0.326 e. The molecular formula is C61H109N7O14. The highest BCUT2D eigenvalue weighted by molar-refractivity contribution is 5.93. The number of ether oxygens (including phenoxy) is 4. The van der Waals surface area contributed by atoms with Crippen LogP contribution in [0.5, 0.6) is 0 Å². The van der Waals surface area contributed by atoms with Crippen LogP contribution in [-0.4, -0.2) is 159 Å². The van der Waals surface area contributed by atoms with Crippen molar-refractivity contribution in [2.75, 3.05) is 79.0 Å². The number of amides is 3. The Morgan fingerprint density at radius 1 is 0.622 bits per heavy atom. The third-order valence-corrected chi connectivity index (χ3v) is 13.9. The molecule has 472 valence electrons. The number of hydrogen-bond donors (Lipinski definition) is 7. The molecule has 21 heteroatoms. The maximum absolute atomic E-state index is 13.1. The summed E-state index contributed by atoms with van der Waals surface area (Å²) in [7, 11) is 0. The number of carboxylic acid groups (broad SMARTS) is 1. The van der Waals surface area contributed by atoms with Crippen molar-refractivity contribution in [1.82, 2.24) is 31.2 Å². The van der Waals surface area contributed by atoms with Crippen LogP contribution in [0.2, 0.25) is 0 Å². The Morgan fingerprint density at radius 3 is 1.71 bits per heavy atom. The second-order valence-electron chi connectivity index (χ2n) is 22.0. The summed E-state index contributed by atoms with van der Waals surface area (Å²) in [5.41, 5.74) is 5.92. The fourth-order valence-electron chi connectivity index (χ4n) is 8.77. The highest BCUT2D eigenvalue weighted by atomic mass is 16.5. The van der Waals surface area contributed by atoms with E-state index >= 15 is 0 Å². The van der Waals surface area contributed by atoms with Crippen LogP contribution >= 0.6 is 0 Å². The summed E-state index contributed by atoms with van der Waals surface area (Å²) in [6.45, 7) is 13.9. The molecule has 0 aliphatic heterocycles. The molecule has 0 spiro atoms. The van der Waals surface area contributed by atoms with E-state index in [1.807, 2.05) is 6.92 Å². The first-order valence-electron chi connectivity index (χ1n) is 30.7. The van der Waals surface area contributed by atoms with Gasteiger partial charge in [0.25, 0.3) is 0 Å². The molecule has 3 amide bonds. The minimum atomic E-state index is -1.15. The van der Waals surface area contributed by atoms with E-state index in [1.165, 1.54) is 83.9 Å². The summed E-state index contributed by atoms with van der Waals surface area (Å²) in [5.74, 6) is -2.52. The number of imidazole rings is 1. The van der Waals surface area contributed by atoms with E-state index in [0.717, 1.165) is 37.9 Å². The van der Waals surface area contributed by atoms with Gasteiger partial charge in [-0.2, -0.15) is 0 Å². The predicted octanol–water partition coefficient (Wildman–Crippen LogP) is 7.43. The number of ketones is 5. The molecule has 0 fully saturated rings. The van der Waals surface area contributed by atoms with Gasteiger partial charge in [-0.15, -0.1) is 0 Å². The van der Waals surface area contributed by atoms with Crippen molar-refractivity contribution in [2.45, 2.75) is 227 Å². The van der Waals surface area contributed by atoms with E-state index < -0.39 is 23.5 Å². The van der Waals surface area contributed by atoms with Crippen LogP contribution < -0.4 is 27.0 Å². The average Bonchev–Trinajstić information content (AvgIpc) is 3.99. The number of nitrogens with two attached hydrogens (primary N) is 1. The summed E-state index contributed by atoms with van der Waals surface area (Å²) in [6.07, 6.45) is 25.5. The van der Waals surface area contributed by atoms with Gasteiger partial charge in [-0.3, -0.25) is 38.4 Å². The number of unbranched alkanes of at least 4 members (excludes halogenated alkanes) is 15. The SMILES string of the molecule is CCCCCCCCCCCCCCCCCC(=O)N[C@@H](CCC(=O)CCCOCCOCC(=O)NCCOCCOCC(=O)NCCCC[C@H](CCC(=O)C(C)(C)CC(=O)[C@@H](N)Cc1cnc[nH]1)C(C)=O)C(=O)O.CCNCC(C)=O. The third kappa shape index (κ3) is 46.7. The number of carbonyl (C=O) groups is 9. The fraction of sp³-hybridized carbons (Fsp3) is 0.803. The molecule has 0 saturated heterocycles. The average molecular weight is 1160 g/mol. The van der Waals surface area contributed by atoms with Crippen LogP contribution in [-0.2, 0) is 68.5 Å². The van der Waals surface area contributed by atoms with Gasteiger partial charge in [0.05, 0.1) is 51.9 Å². The summed E-state index contributed by atoms with van der Waals surface area (Å²) < 4.78 is 21.6. The number of H-pyrrole nitrogens is 1. The first-order chi connectivity index (χ1) is 39.3. The zero-order chi connectivity index (χ0) is 61.1. The molecule has 21 nitrogen and oxygen atoms in total. The van der Waals surface area contributed by atoms with E-state index in [4.69, 9.17) is 24.7 Å². The molecule has 0 unspecified atom stereocenters. The van der Waals surface area contributed by atoms with Gasteiger partial charge in [0.15, 0.2) is 5.78 Å². The third-order valence-electron chi connectivity index (χ3n) is 13.9. The van der Waals surface area contributed by atoms with Gasteiger partial charge in [-0.1, -0.05) is 124 Å². The molecule has 0 bridgehead atoms. The van der Waals surface area contributed by atoms with E-state index in [1.54, 1.807) is 27.0 Å². The van der Waals surface area contributed by atoms with Gasteiger partial charge in [-0.05, 0) is 58.9 Å². The summed E-state index contributed by atoms with van der Waals surface area (Å²) in [4.78, 5) is 116. The first-order valence-corrected chi connectivity index (χ1v) is 30.7. The molecule has 0 aliphatic carbocycles. The van der Waals surface area contributed by atoms with Crippen LogP contribution in [0.1, 0.15) is 214 Å². The number of hydrogen-bond acceptors (Lipinski definition) is 16. The molecule has 0 radical (unpaired) electrons. The normalized spacial score (nSPS) is 12.4. The number of carbonyl (C=O) groups excluding carboxylic acids is 8. The van der Waals surface area contributed by atoms with Gasteiger partial charge in [0.2, 0.25) is 17.7 Å². The van der Waals surface area contributed by atoms with Gasteiger partial charge >= 0.3 is 5.97 Å². The molecule has 1 heterocycles. The standard InChI is InChI=1S/C56H98N6O13.C5H11NO/c1-5-6-7-8-9-10-11-12-13-14-15-16-17-18-19-25-52(67)62-49(55(70)71)28-27-47(64)24-22-32-72-34-36-74-42-54(69)60-31-33-73-35-37-75-41-53(68)59-30-21-20-23-45(44(2)63)26-29-51(66)56(3,4)39-50(65)48(57)38-46-40-58-43-61-46;1-3-6-4-5(2)7/h40,43,45,48-49H,5-39,41-42,57H2,1-4H3,(H,58,61)(H,59,68)(H,60,69)(H,62,67)(H,70,71);6H,3-4H2,1-2H3/t45-,48+,49+;/m1./s1. The Kier molecular flexibility index (Phi) is 48.8. The second-order valence-corrected chi connectivity index (χ2v) is 22.0. The lowest BCUT2D eigenvalue weighted by atomic mass is 9.78. The van der Waals surface area contributed by atoms with Gasteiger partial charge in [-0.25, -0.2) is 9.78 Å². The molecule has 0 saturated carbocycles. The number of nitrogens with zero attached hydrogens (tertiary/aromatic N) is 1. The van der Waals surface area contributed by atoms with Gasteiger partial charge < -0.3 is 56.0 Å². The lowest BCUT2D eigenvalue weighted by molar-refractivity contribution is -0.142. The summed E-state index contributed by atoms with van der Waals surface area (Å²) in [6, 6.07) is -1.84. The van der Waals surface area contributed by atoms with Crippen LogP contribution in [0, 0.1) is 11.3 Å². The van der Waals surface area contributed by atoms with Crippen molar-refractivity contribution in [3.8, 4) is 0 Å². The van der Waals surface area contributed by atoms with E-state index in [-0.39, 0.29) is 144 Å². The number of aromatic nitrogens is 2. The smallest absolute Gasteiger partial charge is 0.326 e. The molecule has 3 atom stereocenters. The molecule has 8 N–H and O–H groups in total. The second kappa shape index (κ2) is 51.8. The van der Waals surface area contributed by atoms with Crippen LogP contribution in [0.3, 0.4) is 0 Å². The Bertz CT molecular complexity index is 1880. The van der Waals surface area contributed by atoms with Gasteiger partial charge in [0, 0.05) is 81.4 Å². The van der Waals surface area contributed by atoms with E-state index in [2.05, 4.69) is 38.2 Å². The molecule has 1 rings (SSSR count). The number of carboxylic acids is 1. The Morgan fingerprint density at radius 2 is 1.18 bits per heavy atom. The van der Waals surface area contributed by atoms with Crippen LogP contribution in [0.15, 0.2) is 12.5 Å². The number of aliphatic carboxylic acids is 1. The first kappa shape index (κ1) is 77.2. The zero-order valence-corrected chi connectivity index (χ0v) is 51.2. The van der Waals surface area contributed by atoms with Crippen molar-refractivity contribution >= 4 is 52.6 Å². The Labute approximate surface area is 490 Å². The van der Waals surface area contributed by atoms with Crippen molar-refractivity contribution < 1.29 is 67.2 Å². The minimum absolute atomic E-state index is 0.00108. The van der Waals surface area contributed by atoms with Crippen LogP contribution in [0.25, 0.3) is 0 Å². The van der Waals surface area contributed by atoms with E-state index in [9.17, 15) is 48.3 Å². The number of Topliss-reactive ketones (excluding diaryl/α,β-unsaturated/α-hetero) is 5. The predicted molar refractivity (Wildman–Crippen MR) is 317 cm³/mol. The van der Waals surface area contributed by atoms with Crippen molar-refractivity contribution in [3.05, 3.63) is 18.2 Å². The molecule has 0 aromatic carbocycles. The Balaban J connectivity index is 0.00000874. The van der Waals surface area contributed by atoms with Crippen molar-refractivity contribution in [2.24, 2.45) is 17.1 Å². The number of nitrogens with one attached hydrogen (secondary N) is 5. The van der Waals surface area contributed by atoms with E-state index in [0.29, 0.717) is 58.2 Å². The molecule has 1 aromatic rings. The number of likely N-dealkylation sites (N-methyl/N-ethyl adjacent to an activating group) is 1. The van der Waals surface area contributed by atoms with Crippen molar-refractivity contribution in [1.29, 1.82) is 0 Å². The lowest BCUT2D eigenvalue weighted by Gasteiger charge is -2.25. The molecule has 82 heavy (non-hydrogen) atoms. The lowest BCUT2D eigenvalue weighted by Crippen LogP contribution is -2.41. The van der Waals surface area contributed by atoms with Crippen LogP contribution in [0.4, 0.5) is 0 Å². The molecule has 1 aromatic heterocycles. The largest absolute Gasteiger partial charge is 0.480 e. The Hall–Kier alpha value is -4.80. The summed E-state index contributed by atoms with van der Waals surface area (Å²) >= 11 is 0. The molecule has 0 aliphatic rings. The summed E-state index contributed by atoms with van der Waals surface area (Å²) in [5, 5.41) is 20.5. The van der Waals surface area contributed by atoms with Gasteiger partial charge in [0.1, 0.15) is 42.4 Å². The number of rotatable bonds is 56. The highest BCUT2D eigenvalue weighted by Gasteiger charge is 2.33. The maximum atomic E-state index is 13.1. The highest BCUT2D eigenvalue weighted by Crippen LogP contribution is 2.28. The quantitative estimate of drug-likeness (QED) is 0.0312. The minimum Gasteiger partial charge on any atom is -0.480 e. The number of aromatic amines is 1. The van der Waals surface area contributed by atoms with Crippen molar-refractivity contribution in [3.63, 3.8) is 0 Å².